The molecule has 0 unspecified atom stereocenters. The molecule has 1 fully saturated rings. The number of piperidine rings is 1. The van der Waals surface area contributed by atoms with E-state index in [1.54, 1.807) is 0 Å². The van der Waals surface area contributed by atoms with Gasteiger partial charge in [-0.05, 0) is 81.2 Å². The smallest absolute Gasteiger partial charge is 0.261 e. The van der Waals surface area contributed by atoms with Crippen LogP contribution in [0.3, 0.4) is 0 Å². The summed E-state index contributed by atoms with van der Waals surface area (Å²) in [6.07, 6.45) is 26.0. The molecule has 0 radical (unpaired) electrons. The van der Waals surface area contributed by atoms with E-state index in [4.69, 9.17) is 4.98 Å². The number of para-hydroxylation sites is 2. The highest BCUT2D eigenvalue weighted by Gasteiger charge is 2.28. The van der Waals surface area contributed by atoms with Gasteiger partial charge in [0.1, 0.15) is 5.82 Å². The lowest BCUT2D eigenvalue weighted by molar-refractivity contribution is 0.0894. The van der Waals surface area contributed by atoms with Crippen LogP contribution in [0.5, 0.6) is 0 Å². The van der Waals surface area contributed by atoms with Crippen molar-refractivity contribution < 1.29 is 9.18 Å². The predicted molar refractivity (Wildman–Crippen MR) is 207 cm³/mol. The largest absolute Gasteiger partial charge is 0.342 e. The Bertz CT molecular complexity index is 1830. The first-order chi connectivity index (χ1) is 25.0. The zero-order valence-electron chi connectivity index (χ0n) is 30.3. The lowest BCUT2D eigenvalue weighted by atomic mass is 10.0. The van der Waals surface area contributed by atoms with Gasteiger partial charge in [0.15, 0.2) is 0 Å². The molecular weight excluding hydrogens is 640 g/mol. The van der Waals surface area contributed by atoms with Crippen LogP contribution in [-0.4, -0.2) is 51.2 Å². The lowest BCUT2D eigenvalue weighted by Gasteiger charge is -2.38. The van der Waals surface area contributed by atoms with Gasteiger partial charge >= 0.3 is 0 Å². The average Bonchev–Trinajstić information content (AvgIpc) is 3.51. The molecule has 5 rings (SSSR count). The third-order valence-corrected chi connectivity index (χ3v) is 9.62. The minimum atomic E-state index is -0.331. The number of fused-ring (bicyclic) bond motifs is 1. The molecule has 0 aliphatic carbocycles. The topological polar surface area (TPSA) is 76.3 Å². The highest BCUT2D eigenvalue weighted by atomic mass is 19.1. The number of unbranched alkanes of at least 4 members (excludes halogenated alkanes) is 5. The number of aromatic nitrogens is 4. The minimum Gasteiger partial charge on any atom is -0.342 e. The van der Waals surface area contributed by atoms with Gasteiger partial charge in [-0.15, -0.1) is 0 Å². The molecule has 0 bridgehead atoms. The van der Waals surface area contributed by atoms with E-state index in [2.05, 4.69) is 63.9 Å². The van der Waals surface area contributed by atoms with E-state index in [1.165, 1.54) is 29.0 Å². The summed E-state index contributed by atoms with van der Waals surface area (Å²) in [5, 5.41) is 0. The number of anilines is 2. The van der Waals surface area contributed by atoms with E-state index in [0.717, 1.165) is 106 Å². The maximum atomic E-state index is 13.6. The second-order valence-electron chi connectivity index (χ2n) is 13.4. The van der Waals surface area contributed by atoms with Crippen molar-refractivity contribution in [2.24, 2.45) is 0 Å². The van der Waals surface area contributed by atoms with Crippen molar-refractivity contribution in [2.45, 2.75) is 96.6 Å². The number of benzene rings is 2. The Hall–Kier alpha value is -4.79. The number of hydrogen-bond donors (Lipinski definition) is 0. The summed E-state index contributed by atoms with van der Waals surface area (Å²) >= 11 is 0. The molecule has 0 saturated carbocycles. The summed E-state index contributed by atoms with van der Waals surface area (Å²) < 4.78 is 17.1. The van der Waals surface area contributed by atoms with Crippen molar-refractivity contribution in [3.8, 4) is 0 Å². The van der Waals surface area contributed by atoms with E-state index < -0.39 is 0 Å². The van der Waals surface area contributed by atoms with Crippen LogP contribution < -0.4 is 15.4 Å². The van der Waals surface area contributed by atoms with E-state index in [0.29, 0.717) is 18.9 Å². The van der Waals surface area contributed by atoms with Gasteiger partial charge in [-0.1, -0.05) is 86.9 Å². The van der Waals surface area contributed by atoms with Crippen molar-refractivity contribution in [1.82, 2.24) is 19.1 Å². The summed E-state index contributed by atoms with van der Waals surface area (Å²) in [6, 6.07) is 16.2. The summed E-state index contributed by atoms with van der Waals surface area (Å²) in [7, 11) is 1.94. The standard InChI is InChI=1S/C42H53FN6O2/c1-3-4-5-6-7-8-9-10-11-12-13-14-15-16-17-22-39(50)49-40(51)27-30-44-41(49)46(2)36-28-31-47(32-29-36)42-45-37-20-18-19-21-38(37)48(42)33-34-23-25-35(43)26-24-34/h4-5,7-8,10-11,18-21,23-27,30,36H,3,6,9,12-17,22,28-29,31-33H2,1-2H3. The molecule has 3 heterocycles. The molecule has 2 aromatic carbocycles. The minimum absolute atomic E-state index is 0.109. The van der Waals surface area contributed by atoms with Gasteiger partial charge in [-0.25, -0.2) is 18.9 Å². The molecule has 0 amide bonds. The number of nitrogens with zero attached hydrogens (tertiary/aromatic N) is 6. The Balaban J connectivity index is 1.10. The molecule has 1 aliphatic rings. The second-order valence-corrected chi connectivity index (χ2v) is 13.4. The zero-order chi connectivity index (χ0) is 35.8. The van der Waals surface area contributed by atoms with Crippen molar-refractivity contribution >= 4 is 28.8 Å². The number of imidazole rings is 1. The average molecular weight is 693 g/mol. The number of halogens is 1. The first-order valence-electron chi connectivity index (χ1n) is 18.7. The Morgan fingerprint density at radius 2 is 1.57 bits per heavy atom. The van der Waals surface area contributed by atoms with Gasteiger partial charge in [0, 0.05) is 44.9 Å². The normalized spacial score (nSPS) is 14.1. The summed E-state index contributed by atoms with van der Waals surface area (Å²) in [5.41, 5.74) is 2.64. The summed E-state index contributed by atoms with van der Waals surface area (Å²) in [4.78, 5) is 40.2. The van der Waals surface area contributed by atoms with Crippen LogP contribution in [0.25, 0.3) is 11.0 Å². The van der Waals surface area contributed by atoms with Crippen LogP contribution in [0.4, 0.5) is 16.3 Å². The Kier molecular flexibility index (Phi) is 14.4. The van der Waals surface area contributed by atoms with Crippen LogP contribution >= 0.6 is 0 Å². The second kappa shape index (κ2) is 19.6. The highest BCUT2D eigenvalue weighted by Crippen LogP contribution is 2.28. The van der Waals surface area contributed by atoms with E-state index >= 15 is 0 Å². The Morgan fingerprint density at radius 3 is 2.33 bits per heavy atom. The van der Waals surface area contributed by atoms with Gasteiger partial charge in [0.2, 0.25) is 17.8 Å². The lowest BCUT2D eigenvalue weighted by Crippen LogP contribution is -2.46. The fourth-order valence-electron chi connectivity index (χ4n) is 6.74. The van der Waals surface area contributed by atoms with Crippen molar-refractivity contribution in [1.29, 1.82) is 0 Å². The van der Waals surface area contributed by atoms with Gasteiger partial charge in [-0.2, -0.15) is 0 Å². The monoisotopic (exact) mass is 692 g/mol. The van der Waals surface area contributed by atoms with Crippen molar-refractivity contribution in [3.05, 3.63) is 119 Å². The number of carbonyl (C=O) groups is 1. The van der Waals surface area contributed by atoms with Gasteiger partial charge in [-0.3, -0.25) is 9.59 Å². The SMILES string of the molecule is CCC=CCC=CCC=CCCCCCCCC(=O)n1c(N(C)C2CCN(c3nc4ccccc4n3Cc3ccc(F)cc3)CC2)nccc1=O. The van der Waals surface area contributed by atoms with Crippen LogP contribution in [-0.2, 0) is 6.54 Å². The molecule has 0 spiro atoms. The van der Waals surface area contributed by atoms with Gasteiger partial charge < -0.3 is 14.4 Å². The molecule has 4 aromatic rings. The summed E-state index contributed by atoms with van der Waals surface area (Å²) in [5.74, 6) is 0.861. The first kappa shape index (κ1) is 37.5. The molecule has 51 heavy (non-hydrogen) atoms. The van der Waals surface area contributed by atoms with Crippen molar-refractivity contribution in [2.75, 3.05) is 29.9 Å². The molecule has 0 N–H and O–H groups in total. The number of rotatable bonds is 18. The van der Waals surface area contributed by atoms with E-state index in [9.17, 15) is 14.0 Å². The molecule has 2 aromatic heterocycles. The van der Waals surface area contributed by atoms with E-state index in [1.807, 2.05) is 42.3 Å². The number of hydrogen-bond acceptors (Lipinski definition) is 6. The molecule has 8 nitrogen and oxygen atoms in total. The molecule has 1 aliphatic heterocycles. The predicted octanol–water partition coefficient (Wildman–Crippen LogP) is 9.12. The Labute approximate surface area is 302 Å². The molecular formula is C42H53FN6O2. The quantitative estimate of drug-likeness (QED) is 0.0765. The molecule has 9 heteroatoms. The Morgan fingerprint density at radius 1 is 0.882 bits per heavy atom. The fraction of sp³-hybridized carbons (Fsp3) is 0.429. The molecule has 1 saturated heterocycles. The molecule has 0 atom stereocenters. The maximum Gasteiger partial charge on any atom is 0.261 e. The van der Waals surface area contributed by atoms with Gasteiger partial charge in [0.25, 0.3) is 5.56 Å². The first-order valence-corrected chi connectivity index (χ1v) is 18.7. The van der Waals surface area contributed by atoms with Gasteiger partial charge in [0.05, 0.1) is 17.6 Å². The maximum absolute atomic E-state index is 13.6. The fourth-order valence-corrected chi connectivity index (χ4v) is 6.74. The van der Waals surface area contributed by atoms with Crippen LogP contribution in [0.15, 0.2) is 102 Å². The van der Waals surface area contributed by atoms with Crippen molar-refractivity contribution in [3.63, 3.8) is 0 Å². The zero-order valence-corrected chi connectivity index (χ0v) is 30.3. The van der Waals surface area contributed by atoms with Crippen LogP contribution in [0.2, 0.25) is 0 Å². The number of carbonyl (C=O) groups excluding carboxylic acids is 1. The third kappa shape index (κ3) is 10.6. The molecule has 270 valence electrons. The summed E-state index contributed by atoms with van der Waals surface area (Å²) in [6.45, 7) is 4.26. The number of allylic oxidation sites excluding steroid dienone is 6. The third-order valence-electron chi connectivity index (χ3n) is 9.62. The van der Waals surface area contributed by atoms with E-state index in [-0.39, 0.29) is 23.3 Å². The highest BCUT2D eigenvalue weighted by molar-refractivity contribution is 5.81. The van der Waals surface area contributed by atoms with Crippen LogP contribution in [0.1, 0.15) is 94.3 Å². The van der Waals surface area contributed by atoms with Crippen LogP contribution in [0, 0.1) is 5.82 Å².